The minimum absolute atomic E-state index is 0.0154. The number of halogens is 3. The summed E-state index contributed by atoms with van der Waals surface area (Å²) in [6.07, 6.45) is 5.41. The van der Waals surface area contributed by atoms with Gasteiger partial charge < -0.3 is 29.7 Å². The minimum atomic E-state index is -3.16. The largest absolute Gasteiger partial charge is 0.480 e. The molecule has 0 spiro atoms. The van der Waals surface area contributed by atoms with E-state index in [2.05, 4.69) is 58.8 Å². The van der Waals surface area contributed by atoms with Crippen molar-refractivity contribution in [3.8, 4) is 5.75 Å². The Bertz CT molecular complexity index is 2610. The number of piperidine rings is 2. The molecule has 3 N–H and O–H groups in total. The Morgan fingerprint density at radius 2 is 1.69 bits per heavy atom. The highest BCUT2D eigenvalue weighted by Crippen LogP contribution is 2.46. The van der Waals surface area contributed by atoms with E-state index in [9.17, 15) is 14.4 Å². The lowest BCUT2D eigenvalue weighted by Crippen LogP contribution is -2.49. The van der Waals surface area contributed by atoms with Crippen LogP contribution in [0, 0.1) is 17.7 Å². The molecule has 4 fully saturated rings. The van der Waals surface area contributed by atoms with Crippen molar-refractivity contribution in [3.63, 3.8) is 0 Å². The first-order valence-electron chi connectivity index (χ1n) is 21.2. The van der Waals surface area contributed by atoms with Gasteiger partial charge in [-0.1, -0.05) is 0 Å². The Morgan fingerprint density at radius 3 is 2.44 bits per heavy atom. The van der Waals surface area contributed by atoms with Crippen LogP contribution in [0.2, 0.25) is 0 Å². The molecule has 320 valence electrons. The lowest BCUT2D eigenvalue weighted by atomic mass is 9.92. The topological polar surface area (TPSA) is 155 Å². The van der Waals surface area contributed by atoms with Crippen molar-refractivity contribution in [2.24, 2.45) is 25.9 Å². The van der Waals surface area contributed by atoms with Gasteiger partial charge in [-0.2, -0.15) is 10.1 Å². The second-order valence-corrected chi connectivity index (χ2v) is 17.2. The molecular weight excluding hydrogens is 792 g/mol. The fraction of sp³-hybridized carbons (Fsp3) is 0.488. The number of piperazine rings is 1. The summed E-state index contributed by atoms with van der Waals surface area (Å²) in [6, 6.07) is 10.2. The molecule has 15 nitrogen and oxygen atoms in total. The smallest absolute Gasteiger partial charge is 0.301 e. The number of amides is 2. The van der Waals surface area contributed by atoms with E-state index in [-0.39, 0.29) is 35.0 Å². The van der Waals surface area contributed by atoms with E-state index in [0.717, 1.165) is 74.0 Å². The maximum Gasteiger partial charge on any atom is 0.301 e. The third kappa shape index (κ3) is 7.37. The van der Waals surface area contributed by atoms with E-state index in [1.54, 1.807) is 25.2 Å². The SMILES string of the molecule is Cn1nc(C2CCC(=O)NC2=O)c2ccc(N3CCC(CN4CCN(c5ncc(F)c(Nc6ccc7c(c6)c6c(c(=O)n7C)OCC(F)(F)C(C7CC7)N6)n5)CC4)CC3)cc21. The summed E-state index contributed by atoms with van der Waals surface area (Å²) in [5, 5.41) is 14.6. The summed E-state index contributed by atoms with van der Waals surface area (Å²) in [5.41, 5.74) is 3.50. The van der Waals surface area contributed by atoms with Crippen LogP contribution < -0.4 is 36.0 Å². The molecule has 1 saturated carbocycles. The van der Waals surface area contributed by atoms with Crippen molar-refractivity contribution in [3.05, 3.63) is 64.5 Å². The van der Waals surface area contributed by atoms with Crippen LogP contribution >= 0.6 is 0 Å². The number of benzene rings is 2. The van der Waals surface area contributed by atoms with Gasteiger partial charge in [0.05, 0.1) is 40.6 Å². The molecule has 2 amide bonds. The van der Waals surface area contributed by atoms with E-state index in [0.29, 0.717) is 67.2 Å². The van der Waals surface area contributed by atoms with E-state index in [1.165, 1.54) is 4.57 Å². The zero-order chi connectivity index (χ0) is 42.2. The highest BCUT2D eigenvalue weighted by molar-refractivity contribution is 6.03. The first-order chi connectivity index (χ1) is 29.4. The molecule has 2 atom stereocenters. The number of hydrogen-bond donors (Lipinski definition) is 3. The fourth-order valence-corrected chi connectivity index (χ4v) is 9.57. The Balaban J connectivity index is 0.763. The van der Waals surface area contributed by atoms with E-state index >= 15 is 13.2 Å². The number of alkyl halides is 2. The number of carbonyl (C=O) groups is 2. The lowest BCUT2D eigenvalue weighted by Gasteiger charge is -2.39. The highest BCUT2D eigenvalue weighted by Gasteiger charge is 2.51. The summed E-state index contributed by atoms with van der Waals surface area (Å²) < 4.78 is 54.2. The molecule has 2 aromatic carbocycles. The van der Waals surface area contributed by atoms with Crippen LogP contribution in [-0.4, -0.2) is 105 Å². The van der Waals surface area contributed by atoms with Crippen molar-refractivity contribution in [2.75, 3.05) is 72.9 Å². The van der Waals surface area contributed by atoms with Gasteiger partial charge in [-0.3, -0.25) is 29.3 Å². The van der Waals surface area contributed by atoms with E-state index in [1.807, 2.05) is 11.7 Å². The average molecular weight is 840 g/mol. The van der Waals surface area contributed by atoms with Crippen LogP contribution in [0.25, 0.3) is 21.8 Å². The number of rotatable bonds is 8. The normalized spacial score (nSPS) is 22.4. The number of carbonyl (C=O) groups excluding carboxylic acids is 2. The second kappa shape index (κ2) is 15.2. The summed E-state index contributed by atoms with van der Waals surface area (Å²) in [5.74, 6) is -4.17. The number of ether oxygens (including phenoxy) is 1. The highest BCUT2D eigenvalue weighted by atomic mass is 19.3. The molecule has 2 unspecified atom stereocenters. The molecule has 3 aromatic heterocycles. The van der Waals surface area contributed by atoms with Gasteiger partial charge in [0.1, 0.15) is 0 Å². The van der Waals surface area contributed by atoms with Crippen molar-refractivity contribution >= 4 is 62.4 Å². The van der Waals surface area contributed by atoms with Crippen molar-refractivity contribution in [1.82, 2.24) is 34.5 Å². The number of nitrogens with zero attached hydrogens (tertiary/aromatic N) is 8. The van der Waals surface area contributed by atoms with Gasteiger partial charge in [0.25, 0.3) is 5.56 Å². The maximum atomic E-state index is 15.2. The molecule has 0 radical (unpaired) electrons. The molecule has 1 aliphatic carbocycles. The molecule has 7 heterocycles. The third-order valence-electron chi connectivity index (χ3n) is 13.2. The average Bonchev–Trinajstić information content (AvgIpc) is 4.06. The van der Waals surface area contributed by atoms with Gasteiger partial charge in [0.2, 0.25) is 23.5 Å². The Hall–Kier alpha value is -5.91. The monoisotopic (exact) mass is 839 g/mol. The molecule has 5 aromatic rings. The number of nitrogens with one attached hydrogen (secondary N) is 3. The number of imide groups is 1. The number of pyridine rings is 1. The van der Waals surface area contributed by atoms with Gasteiger partial charge in [0, 0.05) is 88.5 Å². The summed E-state index contributed by atoms with van der Waals surface area (Å²) in [4.78, 5) is 53.3. The molecule has 18 heteroatoms. The molecule has 3 saturated heterocycles. The second-order valence-electron chi connectivity index (χ2n) is 17.2. The number of hydrogen-bond acceptors (Lipinski definition) is 12. The summed E-state index contributed by atoms with van der Waals surface area (Å²) >= 11 is 0. The van der Waals surface area contributed by atoms with Gasteiger partial charge in [-0.25, -0.2) is 18.2 Å². The first kappa shape index (κ1) is 39.2. The lowest BCUT2D eigenvalue weighted by molar-refractivity contribution is -0.134. The van der Waals surface area contributed by atoms with E-state index in [4.69, 9.17) is 9.84 Å². The predicted octanol–water partition coefficient (Wildman–Crippen LogP) is 4.87. The van der Waals surface area contributed by atoms with Gasteiger partial charge in [0.15, 0.2) is 18.2 Å². The summed E-state index contributed by atoms with van der Waals surface area (Å²) in [7, 11) is 3.46. The Labute approximate surface area is 349 Å². The zero-order valence-corrected chi connectivity index (χ0v) is 34.1. The number of aryl methyl sites for hydroxylation is 2. The Kier molecular flexibility index (Phi) is 9.79. The molecule has 5 aliphatic rings. The summed E-state index contributed by atoms with van der Waals surface area (Å²) in [6.45, 7) is 4.99. The molecule has 0 bridgehead atoms. The Morgan fingerprint density at radius 1 is 0.902 bits per heavy atom. The molecule has 61 heavy (non-hydrogen) atoms. The van der Waals surface area contributed by atoms with Crippen LogP contribution in [0.5, 0.6) is 5.75 Å². The van der Waals surface area contributed by atoms with Crippen LogP contribution in [0.3, 0.4) is 0 Å². The van der Waals surface area contributed by atoms with Crippen LogP contribution in [0.1, 0.15) is 50.1 Å². The molecular formula is C43H48F3N11O4. The number of fused-ring (bicyclic) bond motifs is 4. The maximum absolute atomic E-state index is 15.2. The number of anilines is 5. The van der Waals surface area contributed by atoms with Gasteiger partial charge >= 0.3 is 5.92 Å². The quantitative estimate of drug-likeness (QED) is 0.183. The van der Waals surface area contributed by atoms with Crippen LogP contribution in [0.4, 0.5) is 42.0 Å². The van der Waals surface area contributed by atoms with Crippen LogP contribution in [-0.2, 0) is 23.7 Å². The van der Waals surface area contributed by atoms with Gasteiger partial charge in [-0.05, 0) is 80.3 Å². The van der Waals surface area contributed by atoms with Crippen LogP contribution in [0.15, 0.2) is 47.4 Å². The predicted molar refractivity (Wildman–Crippen MR) is 224 cm³/mol. The zero-order valence-electron chi connectivity index (χ0n) is 34.1. The van der Waals surface area contributed by atoms with Crippen molar-refractivity contribution in [1.29, 1.82) is 0 Å². The first-order valence-corrected chi connectivity index (χ1v) is 21.2. The number of aromatic nitrogens is 5. The van der Waals surface area contributed by atoms with Crippen molar-refractivity contribution in [2.45, 2.75) is 56.4 Å². The fourth-order valence-electron chi connectivity index (χ4n) is 9.57. The minimum Gasteiger partial charge on any atom is -0.480 e. The third-order valence-corrected chi connectivity index (χ3v) is 13.2. The van der Waals surface area contributed by atoms with Crippen molar-refractivity contribution < 1.29 is 27.5 Å². The molecule has 4 aliphatic heterocycles. The van der Waals surface area contributed by atoms with E-state index < -0.39 is 35.9 Å². The van der Waals surface area contributed by atoms with Gasteiger partial charge in [-0.15, -0.1) is 0 Å². The standard InChI is InChI=1S/C43H48F3N11O4/c1-53-32-9-5-26(19-30(32)36-37(41(53)60)61-23-43(45,46)38(50-36)25-3-4-25)48-39-31(44)21-47-42(51-39)57-17-15-55(16-18-57)22-24-11-13-56(14-12-24)27-6-7-28-33(20-27)54(2)52-35(28)29-8-10-34(58)49-40(29)59/h5-7,9,19-21,24-25,29,38,50H,3-4,8,10-18,22-23H2,1-2H3,(H,47,48,51)(H,49,58,59). The molecule has 10 rings (SSSR count).